The Labute approximate surface area is 93.1 Å². The fraction of sp³-hybridized carbons (Fsp3) is 0.571. The molecule has 1 heteroatoms. The molecular formula is C14H22O. The van der Waals surface area contributed by atoms with Crippen LogP contribution in [0.5, 0.6) is 5.75 Å². The second kappa shape index (κ2) is 5.20. The van der Waals surface area contributed by atoms with E-state index >= 15 is 0 Å². The Balaban J connectivity index is 2.87. The maximum Gasteiger partial charge on any atom is 0.115 e. The third kappa shape index (κ3) is 2.98. The molecule has 0 spiro atoms. The van der Waals surface area contributed by atoms with Crippen molar-refractivity contribution >= 4 is 0 Å². The van der Waals surface area contributed by atoms with Gasteiger partial charge in [-0.3, -0.25) is 0 Å². The number of phenolic OH excluding ortho intramolecular Hbond substituents is 1. The summed E-state index contributed by atoms with van der Waals surface area (Å²) in [6, 6.07) is 7.65. The van der Waals surface area contributed by atoms with Gasteiger partial charge in [0.1, 0.15) is 5.75 Å². The zero-order chi connectivity index (χ0) is 11.4. The zero-order valence-corrected chi connectivity index (χ0v) is 10.2. The summed E-state index contributed by atoms with van der Waals surface area (Å²) in [5, 5.41) is 9.26. The maximum atomic E-state index is 9.26. The largest absolute Gasteiger partial charge is 0.508 e. The quantitative estimate of drug-likeness (QED) is 0.783. The normalized spacial score (nSPS) is 15.3. The van der Waals surface area contributed by atoms with E-state index in [1.54, 1.807) is 12.1 Å². The van der Waals surface area contributed by atoms with Gasteiger partial charge in [-0.25, -0.2) is 0 Å². The Morgan fingerprint density at radius 2 is 1.60 bits per heavy atom. The Hall–Kier alpha value is -0.980. The van der Waals surface area contributed by atoms with E-state index in [0.717, 1.165) is 6.42 Å². The van der Waals surface area contributed by atoms with Crippen molar-refractivity contribution in [3.05, 3.63) is 29.8 Å². The van der Waals surface area contributed by atoms with Crippen LogP contribution in [0.25, 0.3) is 0 Å². The molecule has 0 saturated carbocycles. The van der Waals surface area contributed by atoms with E-state index in [1.807, 2.05) is 12.1 Å². The summed E-state index contributed by atoms with van der Waals surface area (Å²) in [6.07, 6.45) is 1.16. The minimum atomic E-state index is 0.353. The van der Waals surface area contributed by atoms with Crippen molar-refractivity contribution in [2.24, 2.45) is 11.8 Å². The summed E-state index contributed by atoms with van der Waals surface area (Å²) >= 11 is 0. The summed E-state index contributed by atoms with van der Waals surface area (Å²) < 4.78 is 0. The lowest BCUT2D eigenvalue weighted by atomic mass is 9.79. The van der Waals surface area contributed by atoms with Crippen molar-refractivity contribution in [1.82, 2.24) is 0 Å². The van der Waals surface area contributed by atoms with Gasteiger partial charge in [-0.2, -0.15) is 0 Å². The lowest BCUT2D eigenvalue weighted by Gasteiger charge is -2.26. The predicted molar refractivity (Wildman–Crippen MR) is 65.1 cm³/mol. The highest BCUT2D eigenvalue weighted by atomic mass is 16.3. The number of hydrogen-bond acceptors (Lipinski definition) is 1. The van der Waals surface area contributed by atoms with Crippen LogP contribution in [0.3, 0.4) is 0 Å². The summed E-state index contributed by atoms with van der Waals surface area (Å²) in [4.78, 5) is 0. The molecule has 0 aliphatic heterocycles. The van der Waals surface area contributed by atoms with Crippen molar-refractivity contribution in [3.63, 3.8) is 0 Å². The van der Waals surface area contributed by atoms with Crippen LogP contribution in [0.1, 0.15) is 45.6 Å². The van der Waals surface area contributed by atoms with Crippen LogP contribution in [-0.2, 0) is 0 Å². The van der Waals surface area contributed by atoms with Gasteiger partial charge in [0.2, 0.25) is 0 Å². The highest BCUT2D eigenvalue weighted by Gasteiger charge is 2.19. The monoisotopic (exact) mass is 206 g/mol. The maximum absolute atomic E-state index is 9.26. The number of hydrogen-bond donors (Lipinski definition) is 1. The molecule has 2 atom stereocenters. The van der Waals surface area contributed by atoms with E-state index in [-0.39, 0.29) is 0 Å². The second-order valence-electron chi connectivity index (χ2n) is 4.71. The Morgan fingerprint density at radius 3 is 2.00 bits per heavy atom. The summed E-state index contributed by atoms with van der Waals surface area (Å²) in [6.45, 7) is 9.09. The fourth-order valence-electron chi connectivity index (χ4n) is 2.10. The Bertz CT molecular complexity index is 287. The van der Waals surface area contributed by atoms with Crippen molar-refractivity contribution in [2.45, 2.75) is 40.0 Å². The Morgan fingerprint density at radius 1 is 1.07 bits per heavy atom. The first-order valence-electron chi connectivity index (χ1n) is 5.85. The van der Waals surface area contributed by atoms with E-state index < -0.39 is 0 Å². The van der Waals surface area contributed by atoms with Gasteiger partial charge in [0.25, 0.3) is 0 Å². The molecule has 0 aliphatic rings. The van der Waals surface area contributed by atoms with Gasteiger partial charge in [-0.05, 0) is 41.9 Å². The summed E-state index contributed by atoms with van der Waals surface area (Å²) in [7, 11) is 0. The third-order valence-electron chi connectivity index (χ3n) is 3.45. The molecule has 0 aliphatic carbocycles. The van der Waals surface area contributed by atoms with Crippen molar-refractivity contribution in [3.8, 4) is 5.75 Å². The molecular weight excluding hydrogens is 184 g/mol. The van der Waals surface area contributed by atoms with Crippen LogP contribution < -0.4 is 0 Å². The molecule has 84 valence electrons. The SMILES string of the molecule is CCC(c1ccc(O)cc1)C(C)C(C)C. The van der Waals surface area contributed by atoms with Gasteiger partial charge < -0.3 is 5.11 Å². The molecule has 0 amide bonds. The minimum absolute atomic E-state index is 0.353. The van der Waals surface area contributed by atoms with Crippen LogP contribution in [0, 0.1) is 11.8 Å². The first kappa shape index (κ1) is 12.1. The van der Waals surface area contributed by atoms with Gasteiger partial charge in [-0.15, -0.1) is 0 Å². The molecule has 2 unspecified atom stereocenters. The molecule has 1 aromatic rings. The molecule has 0 aromatic heterocycles. The van der Waals surface area contributed by atoms with Crippen molar-refractivity contribution in [2.75, 3.05) is 0 Å². The highest BCUT2D eigenvalue weighted by molar-refractivity contribution is 5.28. The van der Waals surface area contributed by atoms with Crippen molar-refractivity contribution < 1.29 is 5.11 Å². The van der Waals surface area contributed by atoms with E-state index in [2.05, 4.69) is 27.7 Å². The minimum Gasteiger partial charge on any atom is -0.508 e. The predicted octanol–water partition coefficient (Wildman–Crippen LogP) is 4.18. The van der Waals surface area contributed by atoms with Gasteiger partial charge in [-0.1, -0.05) is 39.8 Å². The van der Waals surface area contributed by atoms with E-state index in [9.17, 15) is 5.11 Å². The van der Waals surface area contributed by atoms with E-state index in [1.165, 1.54) is 5.56 Å². The molecule has 1 aromatic carbocycles. The molecule has 1 rings (SSSR count). The average molecular weight is 206 g/mol. The first-order valence-corrected chi connectivity index (χ1v) is 5.85. The fourth-order valence-corrected chi connectivity index (χ4v) is 2.10. The molecule has 0 radical (unpaired) electrons. The van der Waals surface area contributed by atoms with Crippen LogP contribution in [-0.4, -0.2) is 5.11 Å². The molecule has 1 N–H and O–H groups in total. The number of aromatic hydroxyl groups is 1. The molecule has 1 nitrogen and oxygen atoms in total. The topological polar surface area (TPSA) is 20.2 Å². The molecule has 0 saturated heterocycles. The van der Waals surface area contributed by atoms with Crippen LogP contribution in [0.4, 0.5) is 0 Å². The number of phenols is 1. The number of benzene rings is 1. The molecule has 0 fully saturated rings. The van der Waals surface area contributed by atoms with Gasteiger partial charge in [0.15, 0.2) is 0 Å². The standard InChI is InChI=1S/C14H22O/c1-5-14(11(4)10(2)3)12-6-8-13(15)9-7-12/h6-11,14-15H,5H2,1-4H3. The van der Waals surface area contributed by atoms with Crippen LogP contribution >= 0.6 is 0 Å². The van der Waals surface area contributed by atoms with Crippen molar-refractivity contribution in [1.29, 1.82) is 0 Å². The number of rotatable bonds is 4. The van der Waals surface area contributed by atoms with Gasteiger partial charge in [0, 0.05) is 0 Å². The molecule has 0 heterocycles. The second-order valence-corrected chi connectivity index (χ2v) is 4.71. The lowest BCUT2D eigenvalue weighted by Crippen LogP contribution is -2.14. The lowest BCUT2D eigenvalue weighted by molar-refractivity contribution is 0.339. The molecule has 15 heavy (non-hydrogen) atoms. The highest BCUT2D eigenvalue weighted by Crippen LogP contribution is 2.33. The summed E-state index contributed by atoms with van der Waals surface area (Å²) in [5.74, 6) is 2.33. The Kier molecular flexibility index (Phi) is 4.19. The van der Waals surface area contributed by atoms with Crippen LogP contribution in [0.15, 0.2) is 24.3 Å². The summed E-state index contributed by atoms with van der Waals surface area (Å²) in [5.41, 5.74) is 1.34. The zero-order valence-electron chi connectivity index (χ0n) is 10.2. The van der Waals surface area contributed by atoms with Gasteiger partial charge >= 0.3 is 0 Å². The smallest absolute Gasteiger partial charge is 0.115 e. The third-order valence-corrected chi connectivity index (χ3v) is 3.45. The first-order chi connectivity index (χ1) is 7.06. The van der Waals surface area contributed by atoms with Crippen LogP contribution in [0.2, 0.25) is 0 Å². The van der Waals surface area contributed by atoms with Gasteiger partial charge in [0.05, 0.1) is 0 Å². The average Bonchev–Trinajstić information content (AvgIpc) is 2.21. The van der Waals surface area contributed by atoms with E-state index in [4.69, 9.17) is 0 Å². The van der Waals surface area contributed by atoms with E-state index in [0.29, 0.717) is 23.5 Å². The molecule has 0 bridgehead atoms.